The summed E-state index contributed by atoms with van der Waals surface area (Å²) >= 11 is 0. The Morgan fingerprint density at radius 2 is 1.83 bits per heavy atom. The van der Waals surface area contributed by atoms with Crippen LogP contribution in [0.2, 0.25) is 0 Å². The van der Waals surface area contributed by atoms with Crippen molar-refractivity contribution in [3.63, 3.8) is 0 Å². The molecule has 0 unspecified atom stereocenters. The molecule has 0 aliphatic rings. The molecule has 0 spiro atoms. The van der Waals surface area contributed by atoms with E-state index in [2.05, 4.69) is 30.1 Å². The van der Waals surface area contributed by atoms with Gasteiger partial charge in [-0.05, 0) is 54.8 Å². The molecule has 1 amide bonds. The highest BCUT2D eigenvalue weighted by Gasteiger charge is 2.08. The number of hydrogen-bond donors (Lipinski definition) is 0. The molecule has 2 aromatic heterocycles. The lowest BCUT2D eigenvalue weighted by Gasteiger charge is -2.11. The molecule has 0 bridgehead atoms. The third-order valence-electron chi connectivity index (χ3n) is 4.18. The third kappa shape index (κ3) is 3.43. The van der Waals surface area contributed by atoms with E-state index < -0.39 is 0 Å². The van der Waals surface area contributed by atoms with E-state index in [4.69, 9.17) is 4.98 Å². The predicted molar refractivity (Wildman–Crippen MR) is 96.7 cm³/mol. The Labute approximate surface area is 142 Å². The van der Waals surface area contributed by atoms with Crippen LogP contribution in [-0.2, 0) is 11.2 Å². The van der Waals surface area contributed by atoms with Crippen LogP contribution in [0.3, 0.4) is 0 Å². The lowest BCUT2D eigenvalue weighted by Crippen LogP contribution is -2.21. The van der Waals surface area contributed by atoms with Gasteiger partial charge in [-0.3, -0.25) is 9.78 Å². The summed E-state index contributed by atoms with van der Waals surface area (Å²) in [7, 11) is 3.58. The van der Waals surface area contributed by atoms with Gasteiger partial charge >= 0.3 is 0 Å². The van der Waals surface area contributed by atoms with Gasteiger partial charge in [-0.1, -0.05) is 6.07 Å². The molecule has 3 rings (SSSR count). The lowest BCUT2D eigenvalue weighted by atomic mass is 10.0. The van der Waals surface area contributed by atoms with E-state index in [-0.39, 0.29) is 5.91 Å². The van der Waals surface area contributed by atoms with Crippen LogP contribution >= 0.6 is 0 Å². The van der Waals surface area contributed by atoms with Gasteiger partial charge in [-0.15, -0.1) is 0 Å². The van der Waals surface area contributed by atoms with Gasteiger partial charge in [0.05, 0.1) is 11.2 Å². The fourth-order valence-corrected chi connectivity index (χ4v) is 2.74. The van der Waals surface area contributed by atoms with Gasteiger partial charge in [0.25, 0.3) is 0 Å². The van der Waals surface area contributed by atoms with E-state index in [1.807, 2.05) is 18.2 Å². The minimum Gasteiger partial charge on any atom is -0.349 e. The molecule has 4 heteroatoms. The SMILES string of the molecule is Cc1cc(-c2ccncc2)nc2ccc(CCC(=O)N(C)C)cc12. The molecule has 3 aromatic rings. The smallest absolute Gasteiger partial charge is 0.222 e. The average Bonchev–Trinajstić information content (AvgIpc) is 2.60. The van der Waals surface area contributed by atoms with Crippen LogP contribution in [0.1, 0.15) is 17.5 Å². The quantitative estimate of drug-likeness (QED) is 0.738. The maximum Gasteiger partial charge on any atom is 0.222 e. The highest BCUT2D eigenvalue weighted by atomic mass is 16.2. The molecular formula is C20H21N3O. The number of aryl methyl sites for hydroxylation is 2. The van der Waals surface area contributed by atoms with E-state index in [1.54, 1.807) is 31.4 Å². The second kappa shape index (κ2) is 6.79. The first-order valence-corrected chi connectivity index (χ1v) is 8.05. The van der Waals surface area contributed by atoms with Crippen molar-refractivity contribution in [1.82, 2.24) is 14.9 Å². The van der Waals surface area contributed by atoms with E-state index in [0.717, 1.165) is 28.6 Å². The summed E-state index contributed by atoms with van der Waals surface area (Å²) < 4.78 is 0. The summed E-state index contributed by atoms with van der Waals surface area (Å²) in [5.74, 6) is 0.151. The Morgan fingerprint density at radius 1 is 1.08 bits per heavy atom. The molecule has 0 saturated heterocycles. The number of carbonyl (C=O) groups is 1. The topological polar surface area (TPSA) is 46.1 Å². The van der Waals surface area contributed by atoms with Gasteiger partial charge in [-0.2, -0.15) is 0 Å². The van der Waals surface area contributed by atoms with Gasteiger partial charge in [0.1, 0.15) is 0 Å². The Bertz CT molecular complexity index is 873. The zero-order valence-corrected chi connectivity index (χ0v) is 14.3. The Balaban J connectivity index is 1.91. The van der Waals surface area contributed by atoms with Crippen molar-refractivity contribution >= 4 is 16.8 Å². The minimum absolute atomic E-state index is 0.151. The van der Waals surface area contributed by atoms with Gasteiger partial charge < -0.3 is 4.90 Å². The van der Waals surface area contributed by atoms with Crippen molar-refractivity contribution in [3.8, 4) is 11.3 Å². The zero-order valence-electron chi connectivity index (χ0n) is 14.3. The van der Waals surface area contributed by atoms with Gasteiger partial charge in [0.15, 0.2) is 0 Å². The number of nitrogens with zero attached hydrogens (tertiary/aromatic N) is 3. The van der Waals surface area contributed by atoms with Crippen LogP contribution in [0, 0.1) is 6.92 Å². The Hall–Kier alpha value is -2.75. The van der Waals surface area contributed by atoms with E-state index in [0.29, 0.717) is 6.42 Å². The molecule has 24 heavy (non-hydrogen) atoms. The van der Waals surface area contributed by atoms with Crippen molar-refractivity contribution in [3.05, 3.63) is 59.9 Å². The van der Waals surface area contributed by atoms with Crippen LogP contribution in [-0.4, -0.2) is 34.9 Å². The van der Waals surface area contributed by atoms with E-state index in [9.17, 15) is 4.79 Å². The van der Waals surface area contributed by atoms with Crippen molar-refractivity contribution in [2.45, 2.75) is 19.8 Å². The Morgan fingerprint density at radius 3 is 2.54 bits per heavy atom. The molecule has 0 N–H and O–H groups in total. The second-order valence-corrected chi connectivity index (χ2v) is 6.20. The van der Waals surface area contributed by atoms with Crippen LogP contribution in [0.4, 0.5) is 0 Å². The van der Waals surface area contributed by atoms with E-state index in [1.165, 1.54) is 11.1 Å². The number of aromatic nitrogens is 2. The number of pyridine rings is 2. The average molecular weight is 319 g/mol. The standard InChI is InChI=1S/C20H21N3O/c1-14-12-19(16-8-10-21-11-9-16)22-18-6-4-15(13-17(14)18)5-7-20(24)23(2)3/h4,6,8-13H,5,7H2,1-3H3. The summed E-state index contributed by atoms with van der Waals surface area (Å²) in [6.45, 7) is 2.10. The number of carbonyl (C=O) groups excluding carboxylic acids is 1. The first-order valence-electron chi connectivity index (χ1n) is 8.05. The molecule has 1 aromatic carbocycles. The molecular weight excluding hydrogens is 298 g/mol. The van der Waals surface area contributed by atoms with Crippen molar-refractivity contribution in [1.29, 1.82) is 0 Å². The first kappa shape index (κ1) is 16.1. The summed E-state index contributed by atoms with van der Waals surface area (Å²) in [6.07, 6.45) is 4.83. The maximum absolute atomic E-state index is 11.8. The van der Waals surface area contributed by atoms with Gasteiger partial charge in [-0.25, -0.2) is 4.98 Å². The molecule has 4 nitrogen and oxygen atoms in total. The van der Waals surface area contributed by atoms with Crippen LogP contribution in [0.25, 0.3) is 22.2 Å². The Kier molecular flexibility index (Phi) is 4.56. The van der Waals surface area contributed by atoms with Crippen molar-refractivity contribution in [2.24, 2.45) is 0 Å². The second-order valence-electron chi connectivity index (χ2n) is 6.20. The number of benzene rings is 1. The van der Waals surface area contributed by atoms with Gasteiger partial charge in [0, 0.05) is 43.9 Å². The molecule has 0 atom stereocenters. The minimum atomic E-state index is 0.151. The van der Waals surface area contributed by atoms with Crippen molar-refractivity contribution in [2.75, 3.05) is 14.1 Å². The normalized spacial score (nSPS) is 10.8. The molecule has 2 heterocycles. The molecule has 0 radical (unpaired) electrons. The van der Waals surface area contributed by atoms with E-state index >= 15 is 0 Å². The molecule has 0 saturated carbocycles. The molecule has 0 fully saturated rings. The summed E-state index contributed by atoms with van der Waals surface area (Å²) in [6, 6.07) is 12.3. The molecule has 0 aliphatic carbocycles. The lowest BCUT2D eigenvalue weighted by molar-refractivity contribution is -0.128. The first-order chi connectivity index (χ1) is 11.5. The van der Waals surface area contributed by atoms with Gasteiger partial charge in [0.2, 0.25) is 5.91 Å². The number of rotatable bonds is 4. The molecule has 0 aliphatic heterocycles. The third-order valence-corrected chi connectivity index (χ3v) is 4.18. The zero-order chi connectivity index (χ0) is 17.1. The maximum atomic E-state index is 11.8. The number of hydrogen-bond acceptors (Lipinski definition) is 3. The summed E-state index contributed by atoms with van der Waals surface area (Å²) in [5, 5.41) is 1.14. The van der Waals surface area contributed by atoms with Crippen LogP contribution < -0.4 is 0 Å². The van der Waals surface area contributed by atoms with Crippen LogP contribution in [0.15, 0.2) is 48.8 Å². The summed E-state index contributed by atoms with van der Waals surface area (Å²) in [5.41, 5.74) is 5.35. The van der Waals surface area contributed by atoms with Crippen LogP contribution in [0.5, 0.6) is 0 Å². The predicted octanol–water partition coefficient (Wildman–Crippen LogP) is 3.63. The fraction of sp³-hybridized carbons (Fsp3) is 0.250. The highest BCUT2D eigenvalue weighted by molar-refractivity contribution is 5.85. The number of fused-ring (bicyclic) bond motifs is 1. The highest BCUT2D eigenvalue weighted by Crippen LogP contribution is 2.25. The molecule has 122 valence electrons. The number of amides is 1. The summed E-state index contributed by atoms with van der Waals surface area (Å²) in [4.78, 5) is 22.2. The largest absolute Gasteiger partial charge is 0.349 e. The fourth-order valence-electron chi connectivity index (χ4n) is 2.74. The van der Waals surface area contributed by atoms with Crippen molar-refractivity contribution < 1.29 is 4.79 Å². The monoisotopic (exact) mass is 319 g/mol.